The quantitative estimate of drug-likeness (QED) is 0.712. The first-order valence-corrected chi connectivity index (χ1v) is 6.51. The van der Waals surface area contributed by atoms with E-state index in [1.54, 1.807) is 0 Å². The van der Waals surface area contributed by atoms with Gasteiger partial charge in [-0.1, -0.05) is 26.8 Å². The second-order valence-electron chi connectivity index (χ2n) is 6.07. The highest BCUT2D eigenvalue weighted by Crippen LogP contribution is 2.25. The first-order chi connectivity index (χ1) is 8.47. The summed E-state index contributed by atoms with van der Waals surface area (Å²) < 4.78 is 1.83. The number of aryl methyl sites for hydroxylation is 1. The predicted octanol–water partition coefficient (Wildman–Crippen LogP) is 2.64. The molecule has 0 bridgehead atoms. The molecular weight excluding hydrogens is 224 g/mol. The lowest BCUT2D eigenvalue weighted by Gasteiger charge is -2.19. The van der Waals surface area contributed by atoms with E-state index in [-0.39, 0.29) is 11.0 Å². The summed E-state index contributed by atoms with van der Waals surface area (Å²) in [5.74, 6) is 0.941. The topological polar surface area (TPSA) is 34.9 Å². The van der Waals surface area contributed by atoms with Gasteiger partial charge in [0.25, 0.3) is 5.56 Å². The summed E-state index contributed by atoms with van der Waals surface area (Å²) >= 11 is 0. The van der Waals surface area contributed by atoms with E-state index in [9.17, 15) is 4.79 Å². The number of rotatable bonds is 0. The largest absolute Gasteiger partial charge is 0.296 e. The lowest BCUT2D eigenvalue weighted by atomic mass is 9.86. The Morgan fingerprint density at radius 1 is 1.28 bits per heavy atom. The van der Waals surface area contributed by atoms with Crippen LogP contribution in [0.2, 0.25) is 0 Å². The van der Waals surface area contributed by atoms with Crippen LogP contribution in [0.5, 0.6) is 0 Å². The van der Waals surface area contributed by atoms with Crippen molar-refractivity contribution in [3.05, 3.63) is 39.9 Å². The number of aromatic nitrogens is 2. The molecular formula is C15H18N2O. The van der Waals surface area contributed by atoms with Crippen LogP contribution in [0.1, 0.15) is 38.6 Å². The van der Waals surface area contributed by atoms with Gasteiger partial charge in [-0.3, -0.25) is 9.36 Å². The minimum Gasteiger partial charge on any atom is -0.296 e. The van der Waals surface area contributed by atoms with Crippen molar-refractivity contribution in [1.82, 2.24) is 9.55 Å². The predicted molar refractivity (Wildman–Crippen MR) is 73.0 cm³/mol. The third-order valence-electron chi connectivity index (χ3n) is 3.68. The molecule has 1 aromatic carbocycles. The Kier molecular flexibility index (Phi) is 2.34. The molecule has 0 fully saturated rings. The molecule has 0 saturated heterocycles. The average molecular weight is 242 g/mol. The molecule has 0 aliphatic carbocycles. The number of hydrogen-bond donors (Lipinski definition) is 0. The minimum atomic E-state index is 0.0598. The van der Waals surface area contributed by atoms with Crippen molar-refractivity contribution in [2.45, 2.75) is 45.6 Å². The van der Waals surface area contributed by atoms with Crippen molar-refractivity contribution in [1.29, 1.82) is 0 Å². The van der Waals surface area contributed by atoms with Crippen molar-refractivity contribution in [3.8, 4) is 0 Å². The minimum absolute atomic E-state index is 0.0598. The van der Waals surface area contributed by atoms with Gasteiger partial charge in [-0.15, -0.1) is 0 Å². The van der Waals surface area contributed by atoms with Gasteiger partial charge in [-0.05, 0) is 29.5 Å². The first-order valence-electron chi connectivity index (χ1n) is 6.51. The van der Waals surface area contributed by atoms with E-state index in [0.29, 0.717) is 0 Å². The van der Waals surface area contributed by atoms with Crippen LogP contribution in [0.3, 0.4) is 0 Å². The summed E-state index contributed by atoms with van der Waals surface area (Å²) in [6.45, 7) is 7.29. The molecule has 0 saturated carbocycles. The van der Waals surface area contributed by atoms with E-state index in [0.717, 1.165) is 36.1 Å². The van der Waals surface area contributed by atoms with Crippen molar-refractivity contribution in [3.63, 3.8) is 0 Å². The van der Waals surface area contributed by atoms with Gasteiger partial charge in [-0.2, -0.15) is 0 Å². The Hall–Kier alpha value is -1.64. The summed E-state index contributed by atoms with van der Waals surface area (Å²) in [5, 5.41) is 0.757. The van der Waals surface area contributed by atoms with Crippen molar-refractivity contribution in [2.24, 2.45) is 0 Å². The van der Waals surface area contributed by atoms with Gasteiger partial charge in [-0.25, -0.2) is 4.98 Å². The molecule has 2 heterocycles. The summed E-state index contributed by atoms with van der Waals surface area (Å²) in [4.78, 5) is 17.0. The Balaban J connectivity index is 2.32. The fraction of sp³-hybridized carbons (Fsp3) is 0.467. The standard InChI is InChI=1S/C15H18N2O/c1-15(2,3)10-6-7-12-11(9-10)14(18)17-8-4-5-13(17)16-12/h6-7,9H,4-5,8H2,1-3H3. The molecule has 0 spiro atoms. The fourth-order valence-electron chi connectivity index (χ4n) is 2.55. The van der Waals surface area contributed by atoms with Crippen LogP contribution < -0.4 is 5.56 Å². The van der Waals surface area contributed by atoms with Crippen LogP contribution in [0.15, 0.2) is 23.0 Å². The zero-order valence-electron chi connectivity index (χ0n) is 11.2. The van der Waals surface area contributed by atoms with Gasteiger partial charge < -0.3 is 0 Å². The first kappa shape index (κ1) is 11.5. The molecule has 0 radical (unpaired) electrons. The van der Waals surface area contributed by atoms with E-state index in [1.165, 1.54) is 5.56 Å². The van der Waals surface area contributed by atoms with Gasteiger partial charge in [0.05, 0.1) is 10.9 Å². The van der Waals surface area contributed by atoms with Gasteiger partial charge in [0.2, 0.25) is 0 Å². The maximum atomic E-state index is 12.4. The van der Waals surface area contributed by atoms with Crippen LogP contribution in [0, 0.1) is 0 Å². The van der Waals surface area contributed by atoms with E-state index in [4.69, 9.17) is 0 Å². The molecule has 3 heteroatoms. The molecule has 1 aromatic heterocycles. The zero-order valence-corrected chi connectivity index (χ0v) is 11.2. The molecule has 2 aromatic rings. The summed E-state index contributed by atoms with van der Waals surface area (Å²) in [6, 6.07) is 6.08. The number of fused-ring (bicyclic) bond motifs is 2. The SMILES string of the molecule is CC(C)(C)c1ccc2nc3n(c(=O)c2c1)CCC3. The third kappa shape index (κ3) is 1.65. The molecule has 1 aliphatic heterocycles. The van der Waals surface area contributed by atoms with Gasteiger partial charge in [0.15, 0.2) is 0 Å². The van der Waals surface area contributed by atoms with Crippen LogP contribution in [-0.2, 0) is 18.4 Å². The highest BCUT2D eigenvalue weighted by atomic mass is 16.1. The van der Waals surface area contributed by atoms with Crippen LogP contribution in [-0.4, -0.2) is 9.55 Å². The van der Waals surface area contributed by atoms with Crippen molar-refractivity contribution in [2.75, 3.05) is 0 Å². The molecule has 94 valence electrons. The third-order valence-corrected chi connectivity index (χ3v) is 3.68. The number of nitrogens with zero attached hydrogens (tertiary/aromatic N) is 2. The summed E-state index contributed by atoms with van der Waals surface area (Å²) in [6.07, 6.45) is 1.96. The maximum absolute atomic E-state index is 12.4. The Labute approximate surface area is 106 Å². The molecule has 1 aliphatic rings. The molecule has 18 heavy (non-hydrogen) atoms. The highest BCUT2D eigenvalue weighted by molar-refractivity contribution is 5.78. The molecule has 3 nitrogen and oxygen atoms in total. The van der Waals surface area contributed by atoms with Gasteiger partial charge in [0, 0.05) is 13.0 Å². The van der Waals surface area contributed by atoms with Crippen LogP contribution in [0.25, 0.3) is 10.9 Å². The Bertz CT molecular complexity index is 677. The Morgan fingerprint density at radius 3 is 2.78 bits per heavy atom. The molecule has 3 rings (SSSR count). The second-order valence-corrected chi connectivity index (χ2v) is 6.07. The van der Waals surface area contributed by atoms with Gasteiger partial charge >= 0.3 is 0 Å². The smallest absolute Gasteiger partial charge is 0.261 e. The molecule has 0 unspecified atom stereocenters. The van der Waals surface area contributed by atoms with Crippen LogP contribution >= 0.6 is 0 Å². The monoisotopic (exact) mass is 242 g/mol. The Morgan fingerprint density at radius 2 is 2.06 bits per heavy atom. The molecule has 0 N–H and O–H groups in total. The lowest BCUT2D eigenvalue weighted by Crippen LogP contribution is -2.21. The molecule has 0 atom stereocenters. The fourth-order valence-corrected chi connectivity index (χ4v) is 2.55. The van der Waals surface area contributed by atoms with E-state index in [2.05, 4.69) is 31.8 Å². The van der Waals surface area contributed by atoms with Crippen molar-refractivity contribution >= 4 is 10.9 Å². The molecule has 0 amide bonds. The highest BCUT2D eigenvalue weighted by Gasteiger charge is 2.18. The van der Waals surface area contributed by atoms with E-state index in [1.807, 2.05) is 16.7 Å². The second kappa shape index (κ2) is 3.67. The zero-order chi connectivity index (χ0) is 12.9. The van der Waals surface area contributed by atoms with E-state index >= 15 is 0 Å². The average Bonchev–Trinajstić information content (AvgIpc) is 2.76. The normalized spacial score (nSPS) is 15.1. The lowest BCUT2D eigenvalue weighted by molar-refractivity contribution is 0.591. The van der Waals surface area contributed by atoms with Gasteiger partial charge in [0.1, 0.15) is 5.82 Å². The summed E-state index contributed by atoms with van der Waals surface area (Å²) in [5.41, 5.74) is 2.21. The summed E-state index contributed by atoms with van der Waals surface area (Å²) in [7, 11) is 0. The van der Waals surface area contributed by atoms with E-state index < -0.39 is 0 Å². The maximum Gasteiger partial charge on any atom is 0.261 e. The van der Waals surface area contributed by atoms with Crippen molar-refractivity contribution < 1.29 is 0 Å². The van der Waals surface area contributed by atoms with Crippen LogP contribution in [0.4, 0.5) is 0 Å². The number of benzene rings is 1. The number of hydrogen-bond acceptors (Lipinski definition) is 2.